The average Bonchev–Trinajstić information content (AvgIpc) is 2.15. The second-order valence-electron chi connectivity index (χ2n) is 2.93. The highest BCUT2D eigenvalue weighted by Gasteiger charge is 2.24. The fraction of sp³-hybridized carbons (Fsp3) is 0.111. The third kappa shape index (κ3) is 2.87. The van der Waals surface area contributed by atoms with Crippen molar-refractivity contribution in [2.75, 3.05) is 0 Å². The summed E-state index contributed by atoms with van der Waals surface area (Å²) in [7, 11) is 0. The number of benzene rings is 1. The van der Waals surface area contributed by atoms with Crippen molar-refractivity contribution in [1.82, 2.24) is 0 Å². The van der Waals surface area contributed by atoms with Crippen molar-refractivity contribution in [3.05, 3.63) is 61.4 Å². The van der Waals surface area contributed by atoms with Gasteiger partial charge in [-0.15, -0.1) is 0 Å². The molecule has 0 unspecified atom stereocenters. The Bertz CT molecular complexity index is 406. The molecule has 0 N–H and O–H groups in total. The molecule has 0 aliphatic carbocycles. The van der Waals surface area contributed by atoms with Crippen LogP contribution < -0.4 is 0 Å². The standard InChI is InChI=1S/C9H8N2O4/c1-7-2-4-8(5-3-7)6-9(10(12)13)11(14)15/h2-6H,1H3. The molecule has 6 nitrogen and oxygen atoms in total. The molecule has 0 spiro atoms. The highest BCUT2D eigenvalue weighted by atomic mass is 16.7. The minimum absolute atomic E-state index is 0.434. The number of nitro groups is 2. The van der Waals surface area contributed by atoms with E-state index in [1.165, 1.54) is 0 Å². The molecular formula is C9H8N2O4. The molecule has 15 heavy (non-hydrogen) atoms. The van der Waals surface area contributed by atoms with Crippen LogP contribution in [0.3, 0.4) is 0 Å². The van der Waals surface area contributed by atoms with Crippen molar-refractivity contribution in [2.45, 2.75) is 6.92 Å². The van der Waals surface area contributed by atoms with Crippen LogP contribution in [0, 0.1) is 27.2 Å². The number of hydrogen-bond donors (Lipinski definition) is 0. The predicted octanol–water partition coefficient (Wildman–Crippen LogP) is 1.85. The predicted molar refractivity (Wildman–Crippen MR) is 53.1 cm³/mol. The molecule has 0 fully saturated rings. The van der Waals surface area contributed by atoms with Crippen molar-refractivity contribution in [3.63, 3.8) is 0 Å². The number of nitrogens with zero attached hydrogens (tertiary/aromatic N) is 2. The van der Waals surface area contributed by atoms with Gasteiger partial charge in [0.1, 0.15) is 15.9 Å². The summed E-state index contributed by atoms with van der Waals surface area (Å²) in [6.45, 7) is 1.86. The van der Waals surface area contributed by atoms with Crippen LogP contribution >= 0.6 is 0 Å². The minimum Gasteiger partial charge on any atom is -0.253 e. The van der Waals surface area contributed by atoms with Crippen LogP contribution in [-0.4, -0.2) is 9.85 Å². The van der Waals surface area contributed by atoms with Gasteiger partial charge >= 0.3 is 5.82 Å². The topological polar surface area (TPSA) is 86.3 Å². The largest absolute Gasteiger partial charge is 0.559 e. The summed E-state index contributed by atoms with van der Waals surface area (Å²) in [6.07, 6.45) is 0.930. The van der Waals surface area contributed by atoms with Gasteiger partial charge in [0, 0.05) is 0 Å². The van der Waals surface area contributed by atoms with E-state index < -0.39 is 15.7 Å². The van der Waals surface area contributed by atoms with Gasteiger partial charge < -0.3 is 0 Å². The van der Waals surface area contributed by atoms with Crippen molar-refractivity contribution < 1.29 is 9.85 Å². The van der Waals surface area contributed by atoms with Gasteiger partial charge in [-0.2, -0.15) is 0 Å². The first-order chi connectivity index (χ1) is 7.00. The first kappa shape index (κ1) is 10.8. The van der Waals surface area contributed by atoms with Gasteiger partial charge in [0.05, 0.1) is 0 Å². The minimum atomic E-state index is -1.03. The number of rotatable bonds is 3. The van der Waals surface area contributed by atoms with Gasteiger partial charge in [0.2, 0.25) is 0 Å². The summed E-state index contributed by atoms with van der Waals surface area (Å²) in [5, 5.41) is 20.6. The molecule has 1 aromatic rings. The van der Waals surface area contributed by atoms with Crippen molar-refractivity contribution in [1.29, 1.82) is 0 Å². The van der Waals surface area contributed by atoms with Gasteiger partial charge in [-0.1, -0.05) is 29.8 Å². The molecule has 0 saturated heterocycles. The molecule has 0 aliphatic rings. The van der Waals surface area contributed by atoms with E-state index in [0.717, 1.165) is 11.6 Å². The van der Waals surface area contributed by atoms with E-state index in [0.29, 0.717) is 5.56 Å². The second kappa shape index (κ2) is 4.32. The zero-order valence-electron chi connectivity index (χ0n) is 7.91. The van der Waals surface area contributed by atoms with E-state index in [4.69, 9.17) is 0 Å². The van der Waals surface area contributed by atoms with Crippen LogP contribution in [0.15, 0.2) is 30.1 Å². The summed E-state index contributed by atoms with van der Waals surface area (Å²) >= 11 is 0. The number of aryl methyl sites for hydroxylation is 1. The third-order valence-corrected chi connectivity index (χ3v) is 1.75. The lowest BCUT2D eigenvalue weighted by molar-refractivity contribution is -0.613. The molecule has 6 heteroatoms. The van der Waals surface area contributed by atoms with E-state index >= 15 is 0 Å². The van der Waals surface area contributed by atoms with Gasteiger partial charge in [0.25, 0.3) is 0 Å². The van der Waals surface area contributed by atoms with Crippen LogP contribution in [0.25, 0.3) is 6.08 Å². The number of hydrogen-bond acceptors (Lipinski definition) is 4. The average molecular weight is 208 g/mol. The van der Waals surface area contributed by atoms with Gasteiger partial charge in [-0.05, 0) is 12.5 Å². The SMILES string of the molecule is Cc1ccc(C=C([N+](=O)[O-])[N+](=O)[O-])cc1. The fourth-order valence-electron chi connectivity index (χ4n) is 0.984. The van der Waals surface area contributed by atoms with Crippen LogP contribution in [0.2, 0.25) is 0 Å². The van der Waals surface area contributed by atoms with E-state index in [-0.39, 0.29) is 0 Å². The van der Waals surface area contributed by atoms with Gasteiger partial charge in [-0.25, -0.2) is 0 Å². The zero-order chi connectivity index (χ0) is 11.4. The molecular weight excluding hydrogens is 200 g/mol. The summed E-state index contributed by atoms with van der Waals surface area (Å²) in [5.41, 5.74) is 1.42. The Hall–Kier alpha value is -2.24. The lowest BCUT2D eigenvalue weighted by Crippen LogP contribution is -2.08. The molecule has 0 heterocycles. The van der Waals surface area contributed by atoms with Crippen molar-refractivity contribution in [3.8, 4) is 0 Å². The highest BCUT2D eigenvalue weighted by Crippen LogP contribution is 2.09. The lowest BCUT2D eigenvalue weighted by atomic mass is 10.1. The van der Waals surface area contributed by atoms with Crippen LogP contribution in [0.4, 0.5) is 0 Å². The summed E-state index contributed by atoms with van der Waals surface area (Å²) in [6, 6.07) is 6.62. The summed E-state index contributed by atoms with van der Waals surface area (Å²) in [4.78, 5) is 18.6. The van der Waals surface area contributed by atoms with E-state index in [2.05, 4.69) is 0 Å². The van der Waals surface area contributed by atoms with E-state index in [9.17, 15) is 20.2 Å². The van der Waals surface area contributed by atoms with E-state index in [1.807, 2.05) is 6.92 Å². The smallest absolute Gasteiger partial charge is 0.253 e. The second-order valence-corrected chi connectivity index (χ2v) is 2.93. The molecule has 0 bridgehead atoms. The fourth-order valence-corrected chi connectivity index (χ4v) is 0.984. The van der Waals surface area contributed by atoms with Gasteiger partial charge in [-0.3, -0.25) is 20.2 Å². The molecule has 1 aromatic carbocycles. The molecule has 78 valence electrons. The quantitative estimate of drug-likeness (QED) is 0.560. The Morgan fingerprint density at radius 3 is 2.00 bits per heavy atom. The summed E-state index contributed by atoms with van der Waals surface area (Å²) < 4.78 is 0. The normalized spacial score (nSPS) is 9.40. The monoisotopic (exact) mass is 208 g/mol. The third-order valence-electron chi connectivity index (χ3n) is 1.75. The molecule has 1 rings (SSSR count). The molecule has 0 radical (unpaired) electrons. The highest BCUT2D eigenvalue weighted by molar-refractivity contribution is 5.49. The Morgan fingerprint density at radius 2 is 1.60 bits per heavy atom. The Labute approximate surface area is 85.1 Å². The molecule has 0 amide bonds. The Kier molecular flexibility index (Phi) is 3.12. The first-order valence-electron chi connectivity index (χ1n) is 4.08. The summed E-state index contributed by atoms with van der Waals surface area (Å²) in [5.74, 6) is -1.03. The Morgan fingerprint density at radius 1 is 1.13 bits per heavy atom. The Balaban J connectivity index is 3.08. The lowest BCUT2D eigenvalue weighted by Gasteiger charge is -1.93. The van der Waals surface area contributed by atoms with Crippen molar-refractivity contribution >= 4 is 6.08 Å². The maximum absolute atomic E-state index is 10.3. The maximum atomic E-state index is 10.3. The molecule has 0 aromatic heterocycles. The van der Waals surface area contributed by atoms with E-state index in [1.54, 1.807) is 24.3 Å². The van der Waals surface area contributed by atoms with Crippen LogP contribution in [0.1, 0.15) is 11.1 Å². The van der Waals surface area contributed by atoms with Crippen LogP contribution in [-0.2, 0) is 0 Å². The maximum Gasteiger partial charge on any atom is 0.559 e. The zero-order valence-corrected chi connectivity index (χ0v) is 7.91. The molecule has 0 saturated carbocycles. The molecule has 0 aliphatic heterocycles. The van der Waals surface area contributed by atoms with Gasteiger partial charge in [0.15, 0.2) is 0 Å². The van der Waals surface area contributed by atoms with Crippen molar-refractivity contribution in [2.24, 2.45) is 0 Å². The van der Waals surface area contributed by atoms with Crippen LogP contribution in [0.5, 0.6) is 0 Å². The molecule has 0 atom stereocenters. The first-order valence-corrected chi connectivity index (χ1v) is 4.08.